The van der Waals surface area contributed by atoms with E-state index in [1.54, 1.807) is 6.20 Å². The van der Waals surface area contributed by atoms with E-state index in [2.05, 4.69) is 113 Å². The zero-order valence-electron chi connectivity index (χ0n) is 24.4. The van der Waals surface area contributed by atoms with Gasteiger partial charge in [-0.1, -0.05) is 108 Å². The van der Waals surface area contributed by atoms with Gasteiger partial charge in [-0.15, -0.1) is 0 Å². The molecule has 3 nitrogen and oxygen atoms in total. The summed E-state index contributed by atoms with van der Waals surface area (Å²) >= 11 is 0. The van der Waals surface area contributed by atoms with Crippen LogP contribution < -0.4 is 0 Å². The molecule has 6 heteroatoms. The van der Waals surface area contributed by atoms with Crippen molar-refractivity contribution >= 4 is 56.1 Å². The van der Waals surface area contributed by atoms with Crippen LogP contribution in [0.5, 0.6) is 0 Å². The molecule has 6 aromatic carbocycles. The van der Waals surface area contributed by atoms with Gasteiger partial charge in [0.15, 0.2) is 0 Å². The number of rotatable bonds is 5. The molecule has 45 heavy (non-hydrogen) atoms. The lowest BCUT2D eigenvalue weighted by molar-refractivity contribution is 0.929. The number of nitrogens with zero attached hydrogens (tertiary/aromatic N) is 3. The molecule has 0 atom stereocenters. The van der Waals surface area contributed by atoms with Crippen molar-refractivity contribution in [3.8, 4) is 39.1 Å². The van der Waals surface area contributed by atoms with E-state index < -0.39 is 5.11 Å². The molecule has 0 saturated carbocycles. The highest BCUT2D eigenvalue weighted by Crippen LogP contribution is 2.44. The molecular weight excluding hydrogens is 543 g/mol. The number of para-hydroxylation sites is 2. The van der Waals surface area contributed by atoms with E-state index in [0.29, 0.717) is 5.82 Å². The minimum atomic E-state index is -1.60. The normalized spacial score (nSPS) is 11.8. The Kier molecular flexibility index (Phi) is 6.46. The Labute approximate surface area is 265 Å². The molecule has 0 aliphatic carbocycles. The molecule has 6 radical (unpaired) electrons. The highest BCUT2D eigenvalue weighted by molar-refractivity contribution is 6.58. The number of pyridine rings is 1. The second kappa shape index (κ2) is 10.7. The van der Waals surface area contributed by atoms with Crippen molar-refractivity contribution < 1.29 is 0 Å². The largest absolute Gasteiger partial charge is 0.298 e. The molecule has 0 fully saturated rings. The summed E-state index contributed by atoms with van der Waals surface area (Å²) in [7, 11) is 18.5. The van der Waals surface area contributed by atoms with E-state index in [0.717, 1.165) is 33.4 Å². The van der Waals surface area contributed by atoms with Gasteiger partial charge in [0.2, 0.25) is 0 Å². The summed E-state index contributed by atoms with van der Waals surface area (Å²) in [6, 6.07) is 46.4. The molecule has 0 spiro atoms. The average Bonchev–Trinajstić information content (AvgIpc) is 3.49. The zero-order valence-corrected chi connectivity index (χ0v) is 24.4. The molecule has 8 rings (SSSR count). The summed E-state index contributed by atoms with van der Waals surface area (Å²) in [6.07, 6.45) is 3.70. The van der Waals surface area contributed by atoms with E-state index in [9.17, 15) is 0 Å². The topological polar surface area (TPSA) is 30.7 Å². The first-order valence-corrected chi connectivity index (χ1v) is 14.9. The predicted octanol–water partition coefficient (Wildman–Crippen LogP) is 8.34. The van der Waals surface area contributed by atoms with Crippen molar-refractivity contribution in [2.45, 2.75) is 5.11 Å². The molecular formula is C39H24B3N3. The first-order chi connectivity index (χ1) is 22.0. The van der Waals surface area contributed by atoms with Gasteiger partial charge in [-0.05, 0) is 85.3 Å². The molecule has 0 aliphatic rings. The fraction of sp³-hybridized carbons (Fsp3) is 0.0256. The first kappa shape index (κ1) is 27.2. The quantitative estimate of drug-likeness (QED) is 0.155. The van der Waals surface area contributed by atoms with Gasteiger partial charge >= 0.3 is 0 Å². The minimum absolute atomic E-state index is 0.395. The van der Waals surface area contributed by atoms with Crippen molar-refractivity contribution in [1.29, 1.82) is 0 Å². The summed E-state index contributed by atoms with van der Waals surface area (Å²) in [6.45, 7) is 0. The van der Waals surface area contributed by atoms with Gasteiger partial charge in [0.1, 0.15) is 0 Å². The lowest BCUT2D eigenvalue weighted by atomic mass is 9.42. The van der Waals surface area contributed by atoms with Crippen LogP contribution in [0.3, 0.4) is 0 Å². The lowest BCUT2D eigenvalue weighted by Crippen LogP contribution is -2.31. The summed E-state index contributed by atoms with van der Waals surface area (Å²) in [5, 5.41) is 3.18. The smallest absolute Gasteiger partial charge is 0.0951 e. The van der Waals surface area contributed by atoms with Crippen LogP contribution >= 0.6 is 0 Å². The Morgan fingerprint density at radius 1 is 0.489 bits per heavy atom. The predicted molar refractivity (Wildman–Crippen MR) is 189 cm³/mol. The van der Waals surface area contributed by atoms with Crippen LogP contribution in [0.1, 0.15) is 5.82 Å². The Bertz CT molecular complexity index is 2280. The van der Waals surface area contributed by atoms with E-state index >= 15 is 0 Å². The average molecular weight is 567 g/mol. The molecule has 0 amide bonds. The summed E-state index contributed by atoms with van der Waals surface area (Å²) in [5.74, 6) is 0.395. The third-order valence-corrected chi connectivity index (χ3v) is 8.46. The van der Waals surface area contributed by atoms with Crippen LogP contribution in [0.2, 0.25) is 0 Å². The Morgan fingerprint density at radius 3 is 1.53 bits per heavy atom. The van der Waals surface area contributed by atoms with Crippen molar-refractivity contribution in [2.75, 3.05) is 0 Å². The molecule has 0 bridgehead atoms. The van der Waals surface area contributed by atoms with Gasteiger partial charge in [-0.2, -0.15) is 0 Å². The van der Waals surface area contributed by atoms with Crippen molar-refractivity contribution in [3.63, 3.8) is 0 Å². The molecule has 0 N–H and O–H groups in total. The van der Waals surface area contributed by atoms with Crippen molar-refractivity contribution in [3.05, 3.63) is 152 Å². The van der Waals surface area contributed by atoms with Gasteiger partial charge in [0.05, 0.1) is 40.4 Å². The maximum atomic E-state index is 6.17. The number of hydrogen-bond acceptors (Lipinski definition) is 2. The SMILES string of the molecule is [B]C([B])([B])c1nc2ccccc2n1-c1ccc(-c2c3ccccc3c(-c3ccc(-c4cccnc4)cc3)c3ccccc23)cc1. The lowest BCUT2D eigenvalue weighted by Gasteiger charge is -2.22. The van der Waals surface area contributed by atoms with E-state index in [1.807, 2.05) is 41.1 Å². The number of aromatic nitrogens is 3. The van der Waals surface area contributed by atoms with Crippen LogP contribution in [-0.4, -0.2) is 38.1 Å². The zero-order chi connectivity index (χ0) is 30.5. The van der Waals surface area contributed by atoms with Gasteiger partial charge in [0.25, 0.3) is 0 Å². The summed E-state index contributed by atoms with van der Waals surface area (Å²) in [4.78, 5) is 8.96. The summed E-state index contributed by atoms with van der Waals surface area (Å²) < 4.78 is 1.94. The van der Waals surface area contributed by atoms with E-state index in [-0.39, 0.29) is 0 Å². The fourth-order valence-electron chi connectivity index (χ4n) is 6.47. The highest BCUT2D eigenvalue weighted by Gasteiger charge is 2.23. The highest BCUT2D eigenvalue weighted by atomic mass is 15.1. The Morgan fingerprint density at radius 2 is 1.00 bits per heavy atom. The van der Waals surface area contributed by atoms with Crippen molar-refractivity contribution in [1.82, 2.24) is 14.5 Å². The van der Waals surface area contributed by atoms with Crippen LogP contribution in [0.25, 0.3) is 71.6 Å². The van der Waals surface area contributed by atoms with Gasteiger partial charge in [0, 0.05) is 18.1 Å². The molecule has 204 valence electrons. The van der Waals surface area contributed by atoms with Crippen LogP contribution in [0.4, 0.5) is 0 Å². The van der Waals surface area contributed by atoms with Gasteiger partial charge in [-0.3, -0.25) is 9.55 Å². The van der Waals surface area contributed by atoms with Gasteiger partial charge in [-0.25, -0.2) is 4.98 Å². The van der Waals surface area contributed by atoms with Crippen LogP contribution in [0.15, 0.2) is 146 Å². The number of hydrogen-bond donors (Lipinski definition) is 0. The molecule has 8 aromatic rings. The second-order valence-electron chi connectivity index (χ2n) is 11.4. The molecule has 0 aliphatic heterocycles. The molecule has 0 unspecified atom stereocenters. The van der Waals surface area contributed by atoms with E-state index in [4.69, 9.17) is 23.5 Å². The minimum Gasteiger partial charge on any atom is -0.298 e. The standard InChI is InChI=1S/C39H24B3N3/c40-39(41,42)38-44-34-13-5-6-14-35(34)45(38)29-21-19-27(20-22-29)37-32-11-3-1-9-30(32)36(31-10-2-4-12-33(31)37)26-17-15-25(16-18-26)28-8-7-23-43-24-28/h1-24H. The van der Waals surface area contributed by atoms with Crippen molar-refractivity contribution in [2.24, 2.45) is 0 Å². The molecule has 2 heterocycles. The third kappa shape index (κ3) is 4.65. The second-order valence-corrected chi connectivity index (χ2v) is 11.4. The van der Waals surface area contributed by atoms with Gasteiger partial charge < -0.3 is 0 Å². The summed E-state index contributed by atoms with van der Waals surface area (Å²) in [5.41, 5.74) is 9.48. The van der Waals surface area contributed by atoms with Crippen LogP contribution in [0, 0.1) is 0 Å². The maximum Gasteiger partial charge on any atom is 0.0951 e. The number of fused-ring (bicyclic) bond motifs is 3. The number of imidazole rings is 1. The maximum absolute atomic E-state index is 6.17. The molecule has 0 saturated heterocycles. The van der Waals surface area contributed by atoms with Crippen LogP contribution in [-0.2, 0) is 5.11 Å². The monoisotopic (exact) mass is 567 g/mol. The number of benzene rings is 6. The third-order valence-electron chi connectivity index (χ3n) is 8.46. The Balaban J connectivity index is 1.30. The fourth-order valence-corrected chi connectivity index (χ4v) is 6.47. The van der Waals surface area contributed by atoms with E-state index in [1.165, 1.54) is 38.2 Å². The Hall–Kier alpha value is -5.35. The first-order valence-electron chi connectivity index (χ1n) is 14.9. The molecule has 2 aromatic heterocycles.